The average molecular weight is 291 g/mol. The maximum atomic E-state index is 11.9. The molecule has 6 heteroatoms. The third-order valence-corrected chi connectivity index (χ3v) is 3.65. The van der Waals surface area contributed by atoms with Gasteiger partial charge >= 0.3 is 0 Å². The molecule has 0 heterocycles. The molecule has 1 aromatic carbocycles. The van der Waals surface area contributed by atoms with Gasteiger partial charge in [-0.2, -0.15) is 0 Å². The van der Waals surface area contributed by atoms with Crippen molar-refractivity contribution in [3.63, 3.8) is 0 Å². The van der Waals surface area contributed by atoms with E-state index in [4.69, 9.17) is 0 Å². The van der Waals surface area contributed by atoms with Gasteiger partial charge in [0.1, 0.15) is 5.69 Å². The van der Waals surface area contributed by atoms with Gasteiger partial charge in [0.25, 0.3) is 11.6 Å². The quantitative estimate of drug-likeness (QED) is 0.476. The minimum absolute atomic E-state index is 0.0471. The average Bonchev–Trinajstić information content (AvgIpc) is 3.26. The molecule has 1 fully saturated rings. The second kappa shape index (κ2) is 6.56. The highest BCUT2D eigenvalue weighted by Gasteiger charge is 2.21. The molecule has 21 heavy (non-hydrogen) atoms. The van der Waals surface area contributed by atoms with Gasteiger partial charge in [0.05, 0.1) is 4.92 Å². The van der Waals surface area contributed by atoms with Gasteiger partial charge in [-0.15, -0.1) is 0 Å². The molecule has 0 unspecified atom stereocenters. The number of nitrogens with zero attached hydrogens (tertiary/aromatic N) is 2. The highest BCUT2D eigenvalue weighted by atomic mass is 16.6. The van der Waals surface area contributed by atoms with Crippen LogP contribution in [0.1, 0.15) is 36.0 Å². The number of benzene rings is 1. The van der Waals surface area contributed by atoms with Crippen LogP contribution in [0.15, 0.2) is 18.2 Å². The molecule has 0 saturated heterocycles. The zero-order chi connectivity index (χ0) is 15.4. The lowest BCUT2D eigenvalue weighted by molar-refractivity contribution is -0.384. The molecule has 0 bridgehead atoms. The van der Waals surface area contributed by atoms with Crippen molar-refractivity contribution in [2.24, 2.45) is 5.92 Å². The van der Waals surface area contributed by atoms with E-state index in [0.717, 1.165) is 18.9 Å². The zero-order valence-corrected chi connectivity index (χ0v) is 12.5. The molecule has 2 rings (SSSR count). The smallest absolute Gasteiger partial charge is 0.293 e. The number of carbonyl (C=O) groups excluding carboxylic acids is 1. The minimum atomic E-state index is -0.449. The van der Waals surface area contributed by atoms with Crippen molar-refractivity contribution in [1.82, 2.24) is 4.90 Å². The van der Waals surface area contributed by atoms with Gasteiger partial charge in [-0.25, -0.2) is 0 Å². The van der Waals surface area contributed by atoms with E-state index in [1.54, 1.807) is 26.2 Å². The summed E-state index contributed by atoms with van der Waals surface area (Å²) < 4.78 is 0. The highest BCUT2D eigenvalue weighted by molar-refractivity contribution is 5.95. The van der Waals surface area contributed by atoms with Gasteiger partial charge < -0.3 is 10.2 Å². The third-order valence-electron chi connectivity index (χ3n) is 3.65. The van der Waals surface area contributed by atoms with Crippen LogP contribution in [0.25, 0.3) is 0 Å². The van der Waals surface area contributed by atoms with Gasteiger partial charge in [-0.05, 0) is 30.9 Å². The van der Waals surface area contributed by atoms with Crippen molar-refractivity contribution in [3.05, 3.63) is 33.9 Å². The topological polar surface area (TPSA) is 75.5 Å². The number of nitro groups is 1. The molecule has 114 valence electrons. The van der Waals surface area contributed by atoms with Crippen molar-refractivity contribution in [3.8, 4) is 0 Å². The number of anilines is 1. The summed E-state index contributed by atoms with van der Waals surface area (Å²) in [5, 5.41) is 14.3. The molecule has 1 aliphatic carbocycles. The Hall–Kier alpha value is -2.11. The van der Waals surface area contributed by atoms with Crippen LogP contribution in [-0.4, -0.2) is 36.4 Å². The lowest BCUT2D eigenvalue weighted by atomic mass is 10.1. The standard InChI is InChI=1S/C15H21N3O3/c1-17(2)15(19)12-7-8-13(14(10-12)18(20)21)16-9-3-4-11-5-6-11/h7-8,10-11,16H,3-6,9H2,1-2H3. The summed E-state index contributed by atoms with van der Waals surface area (Å²) in [6.45, 7) is 0.721. The summed E-state index contributed by atoms with van der Waals surface area (Å²) in [6.07, 6.45) is 4.83. The van der Waals surface area contributed by atoms with Crippen LogP contribution < -0.4 is 5.32 Å². The summed E-state index contributed by atoms with van der Waals surface area (Å²) in [5.74, 6) is 0.625. The Morgan fingerprint density at radius 2 is 2.14 bits per heavy atom. The predicted molar refractivity (Wildman–Crippen MR) is 81.6 cm³/mol. The fourth-order valence-corrected chi connectivity index (χ4v) is 2.24. The first-order valence-corrected chi connectivity index (χ1v) is 7.23. The second-order valence-corrected chi connectivity index (χ2v) is 5.70. The molecule has 1 aliphatic rings. The molecule has 0 radical (unpaired) electrons. The summed E-state index contributed by atoms with van der Waals surface area (Å²) in [5.41, 5.74) is 0.760. The lowest BCUT2D eigenvalue weighted by Crippen LogP contribution is -2.21. The maximum absolute atomic E-state index is 11.9. The summed E-state index contributed by atoms with van der Waals surface area (Å²) in [6, 6.07) is 4.58. The van der Waals surface area contributed by atoms with Crippen molar-refractivity contribution in [2.45, 2.75) is 25.7 Å². The first kappa shape index (κ1) is 15.3. The molecule has 0 atom stereocenters. The van der Waals surface area contributed by atoms with E-state index in [9.17, 15) is 14.9 Å². The van der Waals surface area contributed by atoms with E-state index < -0.39 is 4.92 Å². The molecule has 1 amide bonds. The SMILES string of the molecule is CN(C)C(=O)c1ccc(NCCCC2CC2)c([N+](=O)[O-])c1. The number of nitrogens with one attached hydrogen (secondary N) is 1. The number of hydrogen-bond donors (Lipinski definition) is 1. The van der Waals surface area contributed by atoms with E-state index in [-0.39, 0.29) is 11.6 Å². The number of nitro benzene ring substituents is 1. The van der Waals surface area contributed by atoms with Crippen LogP contribution >= 0.6 is 0 Å². The molecule has 1 aromatic rings. The highest BCUT2D eigenvalue weighted by Crippen LogP contribution is 2.33. The first-order valence-electron chi connectivity index (χ1n) is 7.23. The van der Waals surface area contributed by atoms with Crippen molar-refractivity contribution < 1.29 is 9.72 Å². The van der Waals surface area contributed by atoms with Crippen LogP contribution in [0.5, 0.6) is 0 Å². The molecule has 1 N–H and O–H groups in total. The van der Waals surface area contributed by atoms with Crippen LogP contribution in [-0.2, 0) is 0 Å². The van der Waals surface area contributed by atoms with E-state index in [1.165, 1.54) is 30.2 Å². The van der Waals surface area contributed by atoms with Crippen molar-refractivity contribution >= 4 is 17.3 Å². The van der Waals surface area contributed by atoms with Crippen molar-refractivity contribution in [1.29, 1.82) is 0 Å². The van der Waals surface area contributed by atoms with Gasteiger partial charge in [0, 0.05) is 32.3 Å². The molecule has 0 spiro atoms. The van der Waals surface area contributed by atoms with Crippen LogP contribution in [0.3, 0.4) is 0 Å². The molecule has 0 aliphatic heterocycles. The van der Waals surface area contributed by atoms with E-state index in [1.807, 2.05) is 0 Å². The van der Waals surface area contributed by atoms with E-state index in [0.29, 0.717) is 11.3 Å². The molecule has 6 nitrogen and oxygen atoms in total. The second-order valence-electron chi connectivity index (χ2n) is 5.70. The fourth-order valence-electron chi connectivity index (χ4n) is 2.24. The number of rotatable bonds is 7. The predicted octanol–water partition coefficient (Wildman–Crippen LogP) is 2.90. The fraction of sp³-hybridized carbons (Fsp3) is 0.533. The van der Waals surface area contributed by atoms with Crippen LogP contribution in [0, 0.1) is 16.0 Å². The Morgan fingerprint density at radius 3 is 2.71 bits per heavy atom. The molecular formula is C15H21N3O3. The largest absolute Gasteiger partial charge is 0.379 e. The normalized spacial score (nSPS) is 13.8. The molecule has 0 aromatic heterocycles. The maximum Gasteiger partial charge on any atom is 0.293 e. The zero-order valence-electron chi connectivity index (χ0n) is 12.5. The number of amides is 1. The Balaban J connectivity index is 2.05. The van der Waals surface area contributed by atoms with Crippen LogP contribution in [0.2, 0.25) is 0 Å². The molecule has 1 saturated carbocycles. The minimum Gasteiger partial charge on any atom is -0.379 e. The van der Waals surface area contributed by atoms with Crippen LogP contribution in [0.4, 0.5) is 11.4 Å². The third kappa shape index (κ3) is 4.18. The summed E-state index contributed by atoms with van der Waals surface area (Å²) in [7, 11) is 3.25. The monoisotopic (exact) mass is 291 g/mol. The Bertz CT molecular complexity index is 539. The van der Waals surface area contributed by atoms with E-state index in [2.05, 4.69) is 5.32 Å². The summed E-state index contributed by atoms with van der Waals surface area (Å²) in [4.78, 5) is 24.0. The Morgan fingerprint density at radius 1 is 1.43 bits per heavy atom. The first-order chi connectivity index (χ1) is 9.99. The van der Waals surface area contributed by atoms with Gasteiger partial charge in [0.2, 0.25) is 0 Å². The Kier molecular flexibility index (Phi) is 4.77. The Labute approximate surface area is 124 Å². The number of carbonyl (C=O) groups is 1. The van der Waals surface area contributed by atoms with Crippen molar-refractivity contribution in [2.75, 3.05) is 26.0 Å². The van der Waals surface area contributed by atoms with Gasteiger partial charge in [-0.1, -0.05) is 12.8 Å². The molecular weight excluding hydrogens is 270 g/mol. The summed E-state index contributed by atoms with van der Waals surface area (Å²) >= 11 is 0. The van der Waals surface area contributed by atoms with Gasteiger partial charge in [0.15, 0.2) is 0 Å². The van der Waals surface area contributed by atoms with E-state index >= 15 is 0 Å². The van der Waals surface area contributed by atoms with Gasteiger partial charge in [-0.3, -0.25) is 14.9 Å². The number of hydrogen-bond acceptors (Lipinski definition) is 4. The lowest BCUT2D eigenvalue weighted by Gasteiger charge is -2.12.